The molecule has 0 saturated heterocycles. The van der Waals surface area contributed by atoms with Crippen LogP contribution in [0.25, 0.3) is 0 Å². The molecule has 0 spiro atoms. The van der Waals surface area contributed by atoms with E-state index >= 15 is 0 Å². The Morgan fingerprint density at radius 1 is 1.00 bits per heavy atom. The first-order valence-corrected chi connectivity index (χ1v) is 6.97. The highest BCUT2D eigenvalue weighted by Crippen LogP contribution is 2.16. The molecule has 22 heavy (non-hydrogen) atoms. The summed E-state index contributed by atoms with van der Waals surface area (Å²) in [5, 5.41) is 2.19. The van der Waals surface area contributed by atoms with Gasteiger partial charge in [-0.2, -0.15) is 0 Å². The first-order valence-electron chi connectivity index (χ1n) is 6.97. The van der Waals surface area contributed by atoms with E-state index in [1.54, 1.807) is 6.92 Å². The smallest absolute Gasteiger partial charge is 0.351 e. The summed E-state index contributed by atoms with van der Waals surface area (Å²) < 4.78 is 9.12. The summed E-state index contributed by atoms with van der Waals surface area (Å²) in [6.45, 7) is 9.26. The summed E-state index contributed by atoms with van der Waals surface area (Å²) in [4.78, 5) is 45.5. The number of hydrogen-bond donors (Lipinski definition) is 1. The first kappa shape index (κ1) is 22.1. The number of rotatable bonds is 5. The van der Waals surface area contributed by atoms with Crippen LogP contribution in [0.1, 0.15) is 48.0 Å². The van der Waals surface area contributed by atoms with Crippen LogP contribution < -0.4 is 5.32 Å². The summed E-state index contributed by atoms with van der Waals surface area (Å²) in [6.07, 6.45) is 3.91. The molecule has 0 radical (unpaired) electrons. The van der Waals surface area contributed by atoms with Crippen LogP contribution in [0.15, 0.2) is 12.2 Å². The third-order valence-electron chi connectivity index (χ3n) is 2.46. The summed E-state index contributed by atoms with van der Waals surface area (Å²) >= 11 is 0. The minimum atomic E-state index is -1.98. The largest absolute Gasteiger partial charge is 0.464 e. The summed E-state index contributed by atoms with van der Waals surface area (Å²) in [7, 11) is 0. The van der Waals surface area contributed by atoms with Crippen molar-refractivity contribution in [3.63, 3.8) is 0 Å². The van der Waals surface area contributed by atoms with Gasteiger partial charge >= 0.3 is 17.9 Å². The summed E-state index contributed by atoms with van der Waals surface area (Å²) in [6, 6.07) is 0. The Labute approximate surface area is 131 Å². The molecule has 0 aliphatic carbocycles. The van der Waals surface area contributed by atoms with Crippen molar-refractivity contribution in [2.75, 3.05) is 6.61 Å². The second kappa shape index (κ2) is 11.5. The molecule has 0 heterocycles. The van der Waals surface area contributed by atoms with Crippen molar-refractivity contribution in [1.29, 1.82) is 0 Å². The monoisotopic (exact) mass is 315 g/mol. The van der Waals surface area contributed by atoms with E-state index in [0.29, 0.717) is 0 Å². The Morgan fingerprint density at radius 3 is 1.77 bits per heavy atom. The molecular weight excluding hydrogens is 290 g/mol. The number of esters is 3. The van der Waals surface area contributed by atoms with Crippen molar-refractivity contribution in [2.24, 2.45) is 0 Å². The molecule has 0 aromatic carbocycles. The molecule has 0 aromatic rings. The van der Waals surface area contributed by atoms with Gasteiger partial charge in [-0.25, -0.2) is 9.59 Å². The number of hydrogen-bond acceptors (Lipinski definition) is 6. The molecule has 1 N–H and O–H groups in total. The minimum absolute atomic E-state index is 0.0352. The molecule has 7 heteroatoms. The Hall–Kier alpha value is -2.18. The zero-order valence-corrected chi connectivity index (χ0v) is 14.0. The maximum absolute atomic E-state index is 11.8. The molecule has 0 bridgehead atoms. The van der Waals surface area contributed by atoms with Crippen molar-refractivity contribution in [3.8, 4) is 0 Å². The molecule has 1 unspecified atom stereocenters. The Kier molecular flexibility index (Phi) is 11.5. The molecule has 0 aromatic heterocycles. The van der Waals surface area contributed by atoms with Gasteiger partial charge in [-0.1, -0.05) is 19.1 Å². The molecule has 126 valence electrons. The maximum Gasteiger partial charge on any atom is 0.351 e. The van der Waals surface area contributed by atoms with E-state index in [9.17, 15) is 19.2 Å². The van der Waals surface area contributed by atoms with Crippen LogP contribution in [-0.2, 0) is 28.7 Å². The fourth-order valence-electron chi connectivity index (χ4n) is 1.33. The standard InChI is InChI=1S/C11H17NO6.C4H8/c1-5-11(12-7(3)13,9(15)17-6-2)10(16)18-8(4)14;1-3-4-2/h5-6H2,1-4H3,(H,12,13);3-4H,1-2H3. The predicted molar refractivity (Wildman–Crippen MR) is 80.7 cm³/mol. The number of amides is 1. The third-order valence-corrected chi connectivity index (χ3v) is 2.46. The van der Waals surface area contributed by atoms with Gasteiger partial charge in [-0.3, -0.25) is 9.59 Å². The number of carbonyl (C=O) groups excluding carboxylic acids is 4. The van der Waals surface area contributed by atoms with Gasteiger partial charge < -0.3 is 14.8 Å². The highest BCUT2D eigenvalue weighted by molar-refractivity contribution is 6.09. The van der Waals surface area contributed by atoms with Gasteiger partial charge in [0.25, 0.3) is 0 Å². The van der Waals surface area contributed by atoms with Crippen LogP contribution in [0.5, 0.6) is 0 Å². The summed E-state index contributed by atoms with van der Waals surface area (Å²) in [5.74, 6) is -3.57. The van der Waals surface area contributed by atoms with Gasteiger partial charge in [0.05, 0.1) is 6.61 Å². The molecule has 0 saturated carbocycles. The molecule has 1 atom stereocenters. The average Bonchev–Trinajstić information content (AvgIpc) is 2.44. The van der Waals surface area contributed by atoms with E-state index in [-0.39, 0.29) is 13.0 Å². The van der Waals surface area contributed by atoms with Gasteiger partial charge in [-0.05, 0) is 27.2 Å². The van der Waals surface area contributed by atoms with Crippen LogP contribution >= 0.6 is 0 Å². The average molecular weight is 315 g/mol. The number of allylic oxidation sites excluding steroid dienone is 2. The second-order valence-corrected chi connectivity index (χ2v) is 4.21. The quantitative estimate of drug-likeness (QED) is 0.469. The van der Waals surface area contributed by atoms with Crippen LogP contribution in [0.4, 0.5) is 0 Å². The van der Waals surface area contributed by atoms with Crippen molar-refractivity contribution < 1.29 is 28.7 Å². The molecular formula is C15H25NO6. The third kappa shape index (κ3) is 7.56. The van der Waals surface area contributed by atoms with Gasteiger partial charge in [0.2, 0.25) is 11.4 Å². The van der Waals surface area contributed by atoms with Gasteiger partial charge in [0.1, 0.15) is 0 Å². The Bertz CT molecular complexity index is 426. The van der Waals surface area contributed by atoms with Gasteiger partial charge in [0, 0.05) is 13.8 Å². The fraction of sp³-hybridized carbons (Fsp3) is 0.600. The van der Waals surface area contributed by atoms with E-state index in [2.05, 4.69) is 10.1 Å². The topological polar surface area (TPSA) is 98.8 Å². The number of carbonyl (C=O) groups is 4. The molecule has 0 aliphatic heterocycles. The lowest BCUT2D eigenvalue weighted by Gasteiger charge is -2.27. The summed E-state index contributed by atoms with van der Waals surface area (Å²) in [5.41, 5.74) is -1.98. The highest BCUT2D eigenvalue weighted by atomic mass is 16.6. The molecule has 1 amide bonds. The van der Waals surface area contributed by atoms with E-state index < -0.39 is 29.4 Å². The lowest BCUT2D eigenvalue weighted by Crippen LogP contribution is -2.60. The van der Waals surface area contributed by atoms with Crippen LogP contribution in [0, 0.1) is 0 Å². The number of ether oxygens (including phenoxy) is 2. The molecule has 0 rings (SSSR count). The molecule has 7 nitrogen and oxygen atoms in total. The van der Waals surface area contributed by atoms with Crippen LogP contribution in [0.2, 0.25) is 0 Å². The van der Waals surface area contributed by atoms with Crippen molar-refractivity contribution >= 4 is 23.8 Å². The Morgan fingerprint density at radius 2 is 1.50 bits per heavy atom. The Balaban J connectivity index is 0. The number of nitrogens with one attached hydrogen (secondary N) is 1. The van der Waals surface area contributed by atoms with Crippen molar-refractivity contribution in [1.82, 2.24) is 5.32 Å². The lowest BCUT2D eigenvalue weighted by molar-refractivity contribution is -0.172. The molecule has 0 fully saturated rings. The fourth-order valence-corrected chi connectivity index (χ4v) is 1.33. The van der Waals surface area contributed by atoms with Crippen molar-refractivity contribution in [3.05, 3.63) is 12.2 Å². The van der Waals surface area contributed by atoms with Gasteiger partial charge in [-0.15, -0.1) is 0 Å². The first-order chi connectivity index (χ1) is 10.2. The van der Waals surface area contributed by atoms with Gasteiger partial charge in [0.15, 0.2) is 0 Å². The molecule has 0 aliphatic rings. The minimum Gasteiger partial charge on any atom is -0.464 e. The highest BCUT2D eigenvalue weighted by Gasteiger charge is 2.49. The van der Waals surface area contributed by atoms with E-state index in [1.165, 1.54) is 6.92 Å². The van der Waals surface area contributed by atoms with Crippen LogP contribution in [0.3, 0.4) is 0 Å². The SMILES string of the molecule is CC=CC.CCOC(=O)C(CC)(NC(C)=O)C(=O)OC(C)=O. The normalized spacial score (nSPS) is 12.5. The lowest BCUT2D eigenvalue weighted by atomic mass is 9.96. The van der Waals surface area contributed by atoms with E-state index in [4.69, 9.17) is 4.74 Å². The second-order valence-electron chi connectivity index (χ2n) is 4.21. The maximum atomic E-state index is 11.8. The zero-order chi connectivity index (χ0) is 17.8. The van der Waals surface area contributed by atoms with Crippen LogP contribution in [-0.4, -0.2) is 36.0 Å². The van der Waals surface area contributed by atoms with E-state index in [0.717, 1.165) is 13.8 Å². The van der Waals surface area contributed by atoms with E-state index in [1.807, 2.05) is 26.0 Å². The zero-order valence-electron chi connectivity index (χ0n) is 14.0. The predicted octanol–water partition coefficient (Wildman–Crippen LogP) is 1.51. The van der Waals surface area contributed by atoms with Crippen molar-refractivity contribution in [2.45, 2.75) is 53.5 Å².